The van der Waals surface area contributed by atoms with E-state index in [9.17, 15) is 4.79 Å². The van der Waals surface area contributed by atoms with Crippen molar-refractivity contribution in [1.82, 2.24) is 25.2 Å². The van der Waals surface area contributed by atoms with Gasteiger partial charge in [-0.15, -0.1) is 5.10 Å². The fourth-order valence-corrected chi connectivity index (χ4v) is 3.74. The zero-order chi connectivity index (χ0) is 21.6. The molecule has 0 unspecified atom stereocenters. The predicted molar refractivity (Wildman–Crippen MR) is 119 cm³/mol. The number of ether oxygens (including phenoxy) is 1. The van der Waals surface area contributed by atoms with Crippen molar-refractivity contribution in [1.29, 1.82) is 0 Å². The maximum atomic E-state index is 12.4. The second-order valence-electron chi connectivity index (χ2n) is 7.26. The van der Waals surface area contributed by atoms with Crippen LogP contribution in [-0.4, -0.2) is 37.8 Å². The SMILES string of the molecule is CCCc1ccc(C(=O)OCC)n1Cc1ccc(-c2ccccc2-c2nnn[nH]2)cc1. The molecule has 4 rings (SSSR count). The summed E-state index contributed by atoms with van der Waals surface area (Å²) >= 11 is 0. The van der Waals surface area contributed by atoms with E-state index in [0.29, 0.717) is 24.7 Å². The number of carbonyl (C=O) groups excluding carboxylic acids is 1. The molecule has 7 nitrogen and oxygen atoms in total. The number of nitrogens with zero attached hydrogens (tertiary/aromatic N) is 4. The van der Waals surface area contributed by atoms with Gasteiger partial charge in [0.25, 0.3) is 0 Å². The molecule has 0 spiro atoms. The molecule has 31 heavy (non-hydrogen) atoms. The largest absolute Gasteiger partial charge is 0.461 e. The summed E-state index contributed by atoms with van der Waals surface area (Å²) in [4.78, 5) is 12.4. The molecule has 4 aromatic rings. The van der Waals surface area contributed by atoms with Gasteiger partial charge >= 0.3 is 5.97 Å². The van der Waals surface area contributed by atoms with Gasteiger partial charge in [0.1, 0.15) is 5.69 Å². The van der Waals surface area contributed by atoms with Gasteiger partial charge in [0, 0.05) is 17.8 Å². The van der Waals surface area contributed by atoms with Crippen LogP contribution < -0.4 is 0 Å². The Labute approximate surface area is 181 Å². The van der Waals surface area contributed by atoms with Crippen LogP contribution in [0.4, 0.5) is 0 Å². The van der Waals surface area contributed by atoms with Crippen molar-refractivity contribution >= 4 is 5.97 Å². The van der Waals surface area contributed by atoms with E-state index in [1.807, 2.05) is 37.3 Å². The molecule has 1 N–H and O–H groups in total. The van der Waals surface area contributed by atoms with Crippen molar-refractivity contribution in [3.05, 3.63) is 77.6 Å². The number of H-pyrrole nitrogens is 1. The first-order valence-electron chi connectivity index (χ1n) is 10.5. The van der Waals surface area contributed by atoms with Crippen LogP contribution in [0, 0.1) is 0 Å². The Morgan fingerprint density at radius 1 is 1.00 bits per heavy atom. The first kappa shape index (κ1) is 20.5. The normalized spacial score (nSPS) is 10.9. The zero-order valence-electron chi connectivity index (χ0n) is 17.7. The molecule has 0 saturated carbocycles. The number of esters is 1. The van der Waals surface area contributed by atoms with Gasteiger partial charge in [-0.2, -0.15) is 0 Å². The molecule has 0 atom stereocenters. The lowest BCUT2D eigenvalue weighted by molar-refractivity contribution is 0.0514. The third kappa shape index (κ3) is 4.40. The van der Waals surface area contributed by atoms with E-state index >= 15 is 0 Å². The lowest BCUT2D eigenvalue weighted by Crippen LogP contribution is -2.15. The molecule has 0 bridgehead atoms. The maximum absolute atomic E-state index is 12.4. The molecule has 2 heterocycles. The summed E-state index contributed by atoms with van der Waals surface area (Å²) in [5.74, 6) is 0.353. The fourth-order valence-electron chi connectivity index (χ4n) is 3.74. The average Bonchev–Trinajstić information content (AvgIpc) is 3.46. The molecule has 0 aliphatic carbocycles. The van der Waals surface area contributed by atoms with Crippen molar-refractivity contribution in [2.75, 3.05) is 6.61 Å². The highest BCUT2D eigenvalue weighted by atomic mass is 16.5. The van der Waals surface area contributed by atoms with Crippen LogP contribution in [0.3, 0.4) is 0 Å². The van der Waals surface area contributed by atoms with Gasteiger partial charge in [0.05, 0.1) is 6.61 Å². The fraction of sp³-hybridized carbons (Fsp3) is 0.250. The predicted octanol–water partition coefficient (Wildman–Crippen LogP) is 4.51. The molecule has 2 aromatic carbocycles. The minimum absolute atomic E-state index is 0.281. The maximum Gasteiger partial charge on any atom is 0.354 e. The third-order valence-corrected chi connectivity index (χ3v) is 5.19. The molecule has 0 amide bonds. The Morgan fingerprint density at radius 3 is 2.45 bits per heavy atom. The molecule has 0 saturated heterocycles. The highest BCUT2D eigenvalue weighted by Gasteiger charge is 2.16. The van der Waals surface area contributed by atoms with E-state index in [-0.39, 0.29) is 5.97 Å². The van der Waals surface area contributed by atoms with Gasteiger partial charge in [-0.25, -0.2) is 9.89 Å². The van der Waals surface area contributed by atoms with Gasteiger partial charge in [-0.1, -0.05) is 61.9 Å². The number of hydrogen-bond donors (Lipinski definition) is 1. The standard InChI is InChI=1S/C24H25N5O2/c1-3-7-19-14-15-22(24(30)31-4-2)29(19)16-17-10-12-18(13-11-17)20-8-5-6-9-21(20)23-25-27-28-26-23/h5-6,8-15H,3-4,7,16H2,1-2H3,(H,25,26,27,28). The summed E-state index contributed by atoms with van der Waals surface area (Å²) in [5, 5.41) is 14.2. The minimum Gasteiger partial charge on any atom is -0.461 e. The Kier molecular flexibility index (Phi) is 6.21. The summed E-state index contributed by atoms with van der Waals surface area (Å²) in [6, 6.07) is 20.3. The summed E-state index contributed by atoms with van der Waals surface area (Å²) in [6.07, 6.45) is 1.93. The molecule has 2 aromatic heterocycles. The van der Waals surface area contributed by atoms with E-state index < -0.39 is 0 Å². The molecule has 0 fully saturated rings. The van der Waals surface area contributed by atoms with Gasteiger partial charge < -0.3 is 9.30 Å². The summed E-state index contributed by atoms with van der Waals surface area (Å²) in [6.45, 7) is 4.94. The number of hydrogen-bond acceptors (Lipinski definition) is 5. The molecule has 158 valence electrons. The summed E-state index contributed by atoms with van der Waals surface area (Å²) < 4.78 is 7.30. The topological polar surface area (TPSA) is 85.7 Å². The molecule has 0 aliphatic rings. The minimum atomic E-state index is -0.281. The zero-order valence-corrected chi connectivity index (χ0v) is 17.7. The van der Waals surface area contributed by atoms with Crippen LogP contribution in [0.25, 0.3) is 22.5 Å². The first-order chi connectivity index (χ1) is 15.2. The number of nitrogens with one attached hydrogen (secondary N) is 1. The van der Waals surface area contributed by atoms with E-state index in [4.69, 9.17) is 4.74 Å². The lowest BCUT2D eigenvalue weighted by Gasteiger charge is -2.14. The third-order valence-electron chi connectivity index (χ3n) is 5.19. The van der Waals surface area contributed by atoms with Crippen LogP contribution in [0.5, 0.6) is 0 Å². The smallest absolute Gasteiger partial charge is 0.354 e. The van der Waals surface area contributed by atoms with Crippen molar-refractivity contribution < 1.29 is 9.53 Å². The van der Waals surface area contributed by atoms with Gasteiger partial charge in [-0.3, -0.25) is 0 Å². The number of carbonyl (C=O) groups is 1. The number of benzene rings is 2. The number of aromatic nitrogens is 5. The Morgan fingerprint density at radius 2 is 1.77 bits per heavy atom. The highest BCUT2D eigenvalue weighted by molar-refractivity contribution is 5.88. The Hall–Kier alpha value is -3.74. The van der Waals surface area contributed by atoms with Crippen LogP contribution in [-0.2, 0) is 17.7 Å². The molecule has 7 heteroatoms. The second kappa shape index (κ2) is 9.38. The van der Waals surface area contributed by atoms with E-state index in [1.165, 1.54) is 0 Å². The van der Waals surface area contributed by atoms with Gasteiger partial charge in [0.2, 0.25) is 0 Å². The molecule has 0 aliphatic heterocycles. The lowest BCUT2D eigenvalue weighted by atomic mass is 9.98. The number of aromatic amines is 1. The quantitative estimate of drug-likeness (QED) is 0.428. The van der Waals surface area contributed by atoms with Crippen LogP contribution in [0.2, 0.25) is 0 Å². The number of tetrazole rings is 1. The number of rotatable bonds is 8. The molecule has 0 radical (unpaired) electrons. The summed E-state index contributed by atoms with van der Waals surface area (Å²) in [7, 11) is 0. The van der Waals surface area contributed by atoms with Crippen LogP contribution in [0.1, 0.15) is 42.0 Å². The van der Waals surface area contributed by atoms with Crippen LogP contribution >= 0.6 is 0 Å². The van der Waals surface area contributed by atoms with Gasteiger partial charge in [0.15, 0.2) is 5.82 Å². The highest BCUT2D eigenvalue weighted by Crippen LogP contribution is 2.30. The molecular formula is C24H25N5O2. The van der Waals surface area contributed by atoms with Crippen molar-refractivity contribution in [2.24, 2.45) is 0 Å². The molecular weight excluding hydrogens is 390 g/mol. The monoisotopic (exact) mass is 415 g/mol. The van der Waals surface area contributed by atoms with E-state index in [0.717, 1.165) is 40.8 Å². The first-order valence-corrected chi connectivity index (χ1v) is 10.5. The summed E-state index contributed by atoms with van der Waals surface area (Å²) in [5.41, 5.74) is 5.91. The van der Waals surface area contributed by atoms with E-state index in [1.54, 1.807) is 0 Å². The van der Waals surface area contributed by atoms with Gasteiger partial charge in [-0.05, 0) is 52.6 Å². The Balaban J connectivity index is 1.62. The van der Waals surface area contributed by atoms with Crippen LogP contribution in [0.15, 0.2) is 60.7 Å². The Bertz CT molecular complexity index is 1150. The van der Waals surface area contributed by atoms with E-state index in [2.05, 4.69) is 62.4 Å². The second-order valence-corrected chi connectivity index (χ2v) is 7.26. The number of aryl methyl sites for hydroxylation is 1. The van der Waals surface area contributed by atoms with Crippen molar-refractivity contribution in [3.8, 4) is 22.5 Å². The average molecular weight is 415 g/mol. The van der Waals surface area contributed by atoms with Crippen molar-refractivity contribution in [3.63, 3.8) is 0 Å². The van der Waals surface area contributed by atoms with Crippen molar-refractivity contribution in [2.45, 2.75) is 33.2 Å².